The Morgan fingerprint density at radius 1 is 1.11 bits per heavy atom. The van der Waals surface area contributed by atoms with Gasteiger partial charge in [0.05, 0.1) is 11.6 Å². The summed E-state index contributed by atoms with van der Waals surface area (Å²) in [5, 5.41) is 8.58. The number of benzene rings is 2. The van der Waals surface area contributed by atoms with Crippen molar-refractivity contribution in [2.45, 2.75) is 26.2 Å². The number of unbranched alkanes of at least 4 members (excludes halogenated alkanes) is 1. The Labute approximate surface area is 178 Å². The number of anilines is 2. The van der Waals surface area contributed by atoms with Gasteiger partial charge in [-0.3, -0.25) is 14.9 Å². The van der Waals surface area contributed by atoms with Gasteiger partial charge in [-0.05, 0) is 71.0 Å². The lowest BCUT2D eigenvalue weighted by Crippen LogP contribution is -2.34. The molecule has 6 nitrogen and oxygen atoms in total. The number of hydrogen-bond donors (Lipinski definition) is 3. The molecular weight excluding hydrogens is 442 g/mol. The van der Waals surface area contributed by atoms with Gasteiger partial charge in [0.25, 0.3) is 5.91 Å². The minimum absolute atomic E-state index is 0.0278. The zero-order valence-corrected chi connectivity index (χ0v) is 18.1. The van der Waals surface area contributed by atoms with Crippen LogP contribution in [0.4, 0.5) is 11.4 Å². The van der Waals surface area contributed by atoms with E-state index in [4.69, 9.17) is 17.0 Å². The molecule has 2 rings (SSSR count). The van der Waals surface area contributed by atoms with Crippen LogP contribution in [-0.2, 0) is 4.79 Å². The second-order valence-corrected chi connectivity index (χ2v) is 7.25. The van der Waals surface area contributed by atoms with Gasteiger partial charge in [0, 0.05) is 23.4 Å². The van der Waals surface area contributed by atoms with Crippen molar-refractivity contribution in [2.75, 3.05) is 17.7 Å². The third-order valence-electron chi connectivity index (χ3n) is 3.80. The lowest BCUT2D eigenvalue weighted by Gasteiger charge is -2.12. The number of nitrogens with one attached hydrogen (secondary N) is 3. The Hall–Kier alpha value is -2.45. The van der Waals surface area contributed by atoms with E-state index < -0.39 is 0 Å². The first-order valence-corrected chi connectivity index (χ1v) is 9.99. The molecule has 0 aliphatic carbocycles. The summed E-state index contributed by atoms with van der Waals surface area (Å²) in [7, 11) is 1.55. The molecule has 0 atom stereocenters. The molecule has 0 aliphatic heterocycles. The van der Waals surface area contributed by atoms with E-state index in [1.807, 2.05) is 6.92 Å². The summed E-state index contributed by atoms with van der Waals surface area (Å²) in [6.07, 6.45) is 2.30. The van der Waals surface area contributed by atoms with E-state index in [0.29, 0.717) is 33.6 Å². The largest absolute Gasteiger partial charge is 0.496 e. The Morgan fingerprint density at radius 2 is 1.82 bits per heavy atom. The van der Waals surface area contributed by atoms with Crippen LogP contribution in [0.2, 0.25) is 0 Å². The van der Waals surface area contributed by atoms with Crippen LogP contribution < -0.4 is 20.7 Å². The first-order valence-electron chi connectivity index (χ1n) is 8.78. The summed E-state index contributed by atoms with van der Waals surface area (Å²) < 4.78 is 5.83. The van der Waals surface area contributed by atoms with Gasteiger partial charge in [-0.15, -0.1) is 0 Å². The molecule has 0 unspecified atom stereocenters. The van der Waals surface area contributed by atoms with Crippen molar-refractivity contribution in [1.82, 2.24) is 5.32 Å². The lowest BCUT2D eigenvalue weighted by atomic mass is 10.2. The highest BCUT2D eigenvalue weighted by atomic mass is 79.9. The summed E-state index contributed by atoms with van der Waals surface area (Å²) in [5.41, 5.74) is 1.77. The number of hydrogen-bond acceptors (Lipinski definition) is 4. The number of carbonyl (C=O) groups excluding carboxylic acids is 2. The van der Waals surface area contributed by atoms with Crippen LogP contribution in [0.15, 0.2) is 46.9 Å². The fraction of sp³-hybridized carbons (Fsp3) is 0.250. The summed E-state index contributed by atoms with van der Waals surface area (Å²) in [6, 6.07) is 12.1. The molecule has 0 heterocycles. The molecular formula is C20H22BrN3O3S. The van der Waals surface area contributed by atoms with E-state index in [0.717, 1.165) is 12.8 Å². The van der Waals surface area contributed by atoms with Gasteiger partial charge in [0.1, 0.15) is 5.75 Å². The van der Waals surface area contributed by atoms with E-state index in [-0.39, 0.29) is 16.9 Å². The Balaban J connectivity index is 1.95. The van der Waals surface area contributed by atoms with Crippen LogP contribution in [0.25, 0.3) is 0 Å². The number of ether oxygens (including phenoxy) is 1. The zero-order chi connectivity index (χ0) is 20.5. The van der Waals surface area contributed by atoms with Crippen LogP contribution in [0, 0.1) is 0 Å². The lowest BCUT2D eigenvalue weighted by molar-refractivity contribution is -0.116. The SMILES string of the molecule is CCCCC(=O)Nc1cccc(NC(=S)NC(=O)c2ccc(OC)c(Br)c2)c1. The average molecular weight is 464 g/mol. The molecule has 8 heteroatoms. The standard InChI is InChI=1S/C20H22BrN3O3S/c1-3-4-8-18(25)22-14-6-5-7-15(12-14)23-20(28)24-19(26)13-9-10-17(27-2)16(21)11-13/h5-7,9-12H,3-4,8H2,1-2H3,(H,22,25)(H2,23,24,26,28). The van der Waals surface area contributed by atoms with Crippen molar-refractivity contribution < 1.29 is 14.3 Å². The predicted octanol–water partition coefficient (Wildman–Crippen LogP) is 4.71. The monoisotopic (exact) mass is 463 g/mol. The third-order valence-corrected chi connectivity index (χ3v) is 4.63. The maximum atomic E-state index is 12.4. The van der Waals surface area contributed by atoms with Crippen molar-refractivity contribution in [3.05, 3.63) is 52.5 Å². The van der Waals surface area contributed by atoms with Crippen molar-refractivity contribution in [3.63, 3.8) is 0 Å². The number of methoxy groups -OCH3 is 1. The van der Waals surface area contributed by atoms with Crippen molar-refractivity contribution >= 4 is 56.4 Å². The minimum Gasteiger partial charge on any atom is -0.496 e. The second-order valence-electron chi connectivity index (χ2n) is 5.99. The highest BCUT2D eigenvalue weighted by Crippen LogP contribution is 2.25. The molecule has 28 heavy (non-hydrogen) atoms. The van der Waals surface area contributed by atoms with Crippen LogP contribution in [0.1, 0.15) is 36.5 Å². The van der Waals surface area contributed by atoms with Gasteiger partial charge in [0.2, 0.25) is 5.91 Å². The van der Waals surface area contributed by atoms with Gasteiger partial charge in [-0.1, -0.05) is 19.4 Å². The molecule has 0 saturated carbocycles. The zero-order valence-electron chi connectivity index (χ0n) is 15.7. The number of rotatable bonds is 7. The number of halogens is 1. The molecule has 148 valence electrons. The molecule has 2 aromatic rings. The fourth-order valence-electron chi connectivity index (χ4n) is 2.38. The number of carbonyl (C=O) groups is 2. The van der Waals surface area contributed by atoms with Gasteiger partial charge in [-0.25, -0.2) is 0 Å². The van der Waals surface area contributed by atoms with Crippen LogP contribution >= 0.6 is 28.1 Å². The summed E-state index contributed by atoms with van der Waals surface area (Å²) in [4.78, 5) is 24.2. The van der Waals surface area contributed by atoms with Crippen LogP contribution in [0.3, 0.4) is 0 Å². The van der Waals surface area contributed by atoms with Crippen molar-refractivity contribution in [1.29, 1.82) is 0 Å². The first-order chi connectivity index (χ1) is 13.4. The van der Waals surface area contributed by atoms with Gasteiger partial charge in [0.15, 0.2) is 5.11 Å². The summed E-state index contributed by atoms with van der Waals surface area (Å²) in [5.74, 6) is 0.264. The quantitative estimate of drug-likeness (QED) is 0.517. The third kappa shape index (κ3) is 6.61. The maximum Gasteiger partial charge on any atom is 0.257 e. The Kier molecular flexibility index (Phi) is 8.41. The summed E-state index contributed by atoms with van der Waals surface area (Å²) >= 11 is 8.57. The molecule has 0 radical (unpaired) electrons. The molecule has 0 saturated heterocycles. The normalized spacial score (nSPS) is 10.1. The summed E-state index contributed by atoms with van der Waals surface area (Å²) in [6.45, 7) is 2.04. The number of thiocarbonyl (C=S) groups is 1. The highest BCUT2D eigenvalue weighted by Gasteiger charge is 2.11. The van der Waals surface area contributed by atoms with Gasteiger partial charge >= 0.3 is 0 Å². The molecule has 0 fully saturated rings. The van der Waals surface area contributed by atoms with Gasteiger partial charge < -0.3 is 15.4 Å². The molecule has 0 aliphatic rings. The Bertz CT molecular complexity index is 874. The highest BCUT2D eigenvalue weighted by molar-refractivity contribution is 9.10. The second kappa shape index (κ2) is 10.8. The predicted molar refractivity (Wildman–Crippen MR) is 119 cm³/mol. The average Bonchev–Trinajstić information content (AvgIpc) is 2.66. The van der Waals surface area contributed by atoms with Crippen molar-refractivity contribution in [2.24, 2.45) is 0 Å². The van der Waals surface area contributed by atoms with E-state index in [9.17, 15) is 9.59 Å². The molecule has 2 aromatic carbocycles. The fourth-order valence-corrected chi connectivity index (χ4v) is 3.13. The maximum absolute atomic E-state index is 12.4. The van der Waals surface area contributed by atoms with E-state index >= 15 is 0 Å². The van der Waals surface area contributed by atoms with E-state index in [1.54, 1.807) is 49.6 Å². The molecule has 0 aromatic heterocycles. The minimum atomic E-state index is -0.343. The molecule has 0 spiro atoms. The topological polar surface area (TPSA) is 79.5 Å². The van der Waals surface area contributed by atoms with E-state index in [2.05, 4.69) is 31.9 Å². The smallest absolute Gasteiger partial charge is 0.257 e. The van der Waals surface area contributed by atoms with E-state index in [1.165, 1.54) is 0 Å². The van der Waals surface area contributed by atoms with Crippen LogP contribution in [-0.4, -0.2) is 24.0 Å². The molecule has 3 N–H and O–H groups in total. The first kappa shape index (κ1) is 21.8. The van der Waals surface area contributed by atoms with Gasteiger partial charge in [-0.2, -0.15) is 0 Å². The molecule has 2 amide bonds. The van der Waals surface area contributed by atoms with Crippen molar-refractivity contribution in [3.8, 4) is 5.75 Å². The number of amides is 2. The van der Waals surface area contributed by atoms with Crippen LogP contribution in [0.5, 0.6) is 5.75 Å². The molecule has 0 bridgehead atoms. The Morgan fingerprint density at radius 3 is 2.46 bits per heavy atom.